The molecule has 1 fully saturated rings. The smallest absolute Gasteiger partial charge is 0.337 e. The molecule has 5 nitrogen and oxygen atoms in total. The first-order chi connectivity index (χ1) is 13.3. The van der Waals surface area contributed by atoms with E-state index >= 15 is 0 Å². The normalized spacial score (nSPS) is 17.4. The minimum Gasteiger partial charge on any atom is -0.465 e. The van der Waals surface area contributed by atoms with Crippen molar-refractivity contribution in [3.63, 3.8) is 0 Å². The van der Waals surface area contributed by atoms with E-state index in [-0.39, 0.29) is 5.97 Å². The van der Waals surface area contributed by atoms with E-state index in [1.165, 1.54) is 55.9 Å². The third-order valence-corrected chi connectivity index (χ3v) is 6.25. The van der Waals surface area contributed by atoms with Crippen LogP contribution in [0, 0.1) is 0 Å². The van der Waals surface area contributed by atoms with Gasteiger partial charge in [-0.15, -0.1) is 0 Å². The predicted octanol–water partition coefficient (Wildman–Crippen LogP) is 4.74. The number of aromatic nitrogens is 3. The first-order valence-electron chi connectivity index (χ1n) is 10.0. The standard InChI is InChI=1S/C22H25N3O2/c1-27-22(26)16-8-9-17-18(14-16)25-12-5-11-24-13-10-23-21(24)20(25)19(17)15-6-3-2-4-7-15/h8-10,13-15H,2-7,11-12H2,1H3. The van der Waals surface area contributed by atoms with Crippen LogP contribution in [-0.2, 0) is 17.8 Å². The maximum Gasteiger partial charge on any atom is 0.337 e. The Morgan fingerprint density at radius 2 is 2.00 bits per heavy atom. The van der Waals surface area contributed by atoms with E-state index in [0.29, 0.717) is 11.5 Å². The molecule has 1 aromatic carbocycles. The fourth-order valence-corrected chi connectivity index (χ4v) is 5.00. The highest BCUT2D eigenvalue weighted by Crippen LogP contribution is 2.44. The lowest BCUT2D eigenvalue weighted by Gasteiger charge is -2.23. The molecule has 1 aliphatic carbocycles. The Balaban J connectivity index is 1.80. The molecule has 1 aliphatic heterocycles. The van der Waals surface area contributed by atoms with Crippen molar-refractivity contribution in [2.75, 3.05) is 7.11 Å². The molecule has 2 aromatic heterocycles. The zero-order valence-corrected chi connectivity index (χ0v) is 15.8. The molecule has 0 unspecified atom stereocenters. The Labute approximate surface area is 159 Å². The van der Waals surface area contributed by atoms with Crippen molar-refractivity contribution in [1.82, 2.24) is 14.1 Å². The van der Waals surface area contributed by atoms with E-state index in [1.807, 2.05) is 18.3 Å². The van der Waals surface area contributed by atoms with E-state index in [0.717, 1.165) is 30.9 Å². The van der Waals surface area contributed by atoms with E-state index < -0.39 is 0 Å². The summed E-state index contributed by atoms with van der Waals surface area (Å²) in [4.78, 5) is 16.8. The maximum absolute atomic E-state index is 12.1. The van der Waals surface area contributed by atoms with Crippen LogP contribution in [0.1, 0.15) is 60.4 Å². The van der Waals surface area contributed by atoms with Crippen LogP contribution in [-0.4, -0.2) is 27.2 Å². The molecule has 5 heteroatoms. The highest BCUT2D eigenvalue weighted by atomic mass is 16.5. The van der Waals surface area contributed by atoms with Gasteiger partial charge in [0.15, 0.2) is 5.82 Å². The average Bonchev–Trinajstić information content (AvgIpc) is 3.25. The molecule has 0 radical (unpaired) electrons. The Kier molecular flexibility index (Phi) is 4.03. The number of esters is 1. The average molecular weight is 363 g/mol. The van der Waals surface area contributed by atoms with Crippen molar-refractivity contribution < 1.29 is 9.53 Å². The quantitative estimate of drug-likeness (QED) is 0.618. The summed E-state index contributed by atoms with van der Waals surface area (Å²) in [6.07, 6.45) is 11.5. The second-order valence-corrected chi connectivity index (χ2v) is 7.77. The Hall–Kier alpha value is -2.56. The molecule has 0 spiro atoms. The topological polar surface area (TPSA) is 49.0 Å². The molecule has 3 heterocycles. The van der Waals surface area contributed by atoms with Gasteiger partial charge in [0.25, 0.3) is 0 Å². The van der Waals surface area contributed by atoms with Crippen LogP contribution in [0.25, 0.3) is 22.4 Å². The minimum atomic E-state index is -0.276. The second-order valence-electron chi connectivity index (χ2n) is 7.77. The monoisotopic (exact) mass is 363 g/mol. The number of carbonyl (C=O) groups excluding carboxylic acids is 1. The van der Waals surface area contributed by atoms with Gasteiger partial charge >= 0.3 is 5.97 Å². The van der Waals surface area contributed by atoms with Crippen LogP contribution in [0.2, 0.25) is 0 Å². The number of rotatable bonds is 2. The van der Waals surface area contributed by atoms with Crippen LogP contribution in [0.4, 0.5) is 0 Å². The summed E-state index contributed by atoms with van der Waals surface area (Å²) >= 11 is 0. The van der Waals surface area contributed by atoms with Crippen molar-refractivity contribution >= 4 is 16.9 Å². The minimum absolute atomic E-state index is 0.276. The van der Waals surface area contributed by atoms with Gasteiger partial charge in [-0.3, -0.25) is 0 Å². The number of imidazole rings is 1. The molecular formula is C22H25N3O2. The van der Waals surface area contributed by atoms with E-state index in [1.54, 1.807) is 0 Å². The van der Waals surface area contributed by atoms with Crippen LogP contribution in [0.3, 0.4) is 0 Å². The molecule has 0 N–H and O–H groups in total. The van der Waals surface area contributed by atoms with Crippen molar-refractivity contribution in [3.05, 3.63) is 41.7 Å². The largest absolute Gasteiger partial charge is 0.465 e. The SMILES string of the molecule is COC(=O)c1ccc2c(C3CCCCC3)c3n(c2c1)CCCn1ccnc1-3. The molecule has 0 bridgehead atoms. The Morgan fingerprint density at radius 1 is 1.15 bits per heavy atom. The lowest BCUT2D eigenvalue weighted by molar-refractivity contribution is 0.0601. The van der Waals surface area contributed by atoms with Crippen LogP contribution >= 0.6 is 0 Å². The molecule has 1 saturated carbocycles. The summed E-state index contributed by atoms with van der Waals surface area (Å²) in [5.74, 6) is 1.37. The highest BCUT2D eigenvalue weighted by Gasteiger charge is 2.29. The molecule has 5 rings (SSSR count). The number of aryl methyl sites for hydroxylation is 2. The zero-order chi connectivity index (χ0) is 18.4. The molecule has 140 valence electrons. The Morgan fingerprint density at radius 3 is 2.81 bits per heavy atom. The number of benzene rings is 1. The summed E-state index contributed by atoms with van der Waals surface area (Å²) in [5.41, 5.74) is 4.47. The van der Waals surface area contributed by atoms with Crippen molar-refractivity contribution in [3.8, 4) is 11.5 Å². The van der Waals surface area contributed by atoms with Gasteiger partial charge in [-0.25, -0.2) is 9.78 Å². The number of methoxy groups -OCH3 is 1. The molecule has 3 aromatic rings. The molecule has 0 amide bonds. The van der Waals surface area contributed by atoms with E-state index in [4.69, 9.17) is 9.72 Å². The Bertz CT molecular complexity index is 1010. The molecule has 27 heavy (non-hydrogen) atoms. The molecule has 2 aliphatic rings. The van der Waals surface area contributed by atoms with Gasteiger partial charge in [0.2, 0.25) is 0 Å². The number of nitrogens with zero attached hydrogens (tertiary/aromatic N) is 3. The van der Waals surface area contributed by atoms with Crippen molar-refractivity contribution in [2.45, 2.75) is 57.5 Å². The van der Waals surface area contributed by atoms with Gasteiger partial charge < -0.3 is 13.9 Å². The fraction of sp³-hybridized carbons (Fsp3) is 0.455. The first-order valence-corrected chi connectivity index (χ1v) is 10.0. The van der Waals surface area contributed by atoms with Crippen LogP contribution in [0.5, 0.6) is 0 Å². The number of carbonyl (C=O) groups is 1. The van der Waals surface area contributed by atoms with E-state index in [9.17, 15) is 4.79 Å². The van der Waals surface area contributed by atoms with Gasteiger partial charge in [-0.05, 0) is 42.9 Å². The summed E-state index contributed by atoms with van der Waals surface area (Å²) in [6.45, 7) is 1.94. The van der Waals surface area contributed by atoms with Crippen molar-refractivity contribution in [1.29, 1.82) is 0 Å². The maximum atomic E-state index is 12.1. The van der Waals surface area contributed by atoms with E-state index in [2.05, 4.69) is 21.4 Å². The number of ether oxygens (including phenoxy) is 1. The first kappa shape index (κ1) is 16.6. The third kappa shape index (κ3) is 2.59. The van der Waals surface area contributed by atoms with Gasteiger partial charge in [-0.1, -0.05) is 25.3 Å². The van der Waals surface area contributed by atoms with Crippen LogP contribution < -0.4 is 0 Å². The lowest BCUT2D eigenvalue weighted by atomic mass is 9.82. The van der Waals surface area contributed by atoms with Gasteiger partial charge in [-0.2, -0.15) is 0 Å². The summed E-state index contributed by atoms with van der Waals surface area (Å²) in [5, 5.41) is 1.28. The van der Waals surface area contributed by atoms with Gasteiger partial charge in [0.1, 0.15) is 0 Å². The summed E-state index contributed by atoms with van der Waals surface area (Å²) in [7, 11) is 1.44. The molecular weight excluding hydrogens is 338 g/mol. The zero-order valence-electron chi connectivity index (χ0n) is 15.8. The number of hydrogen-bond acceptors (Lipinski definition) is 3. The second kappa shape index (κ2) is 6.55. The highest BCUT2D eigenvalue weighted by molar-refractivity contribution is 5.98. The third-order valence-electron chi connectivity index (χ3n) is 6.25. The molecule has 0 saturated heterocycles. The molecule has 0 atom stereocenters. The number of hydrogen-bond donors (Lipinski definition) is 0. The lowest BCUT2D eigenvalue weighted by Crippen LogP contribution is -2.07. The summed E-state index contributed by atoms with van der Waals surface area (Å²) < 4.78 is 9.64. The number of fused-ring (bicyclic) bond motifs is 5. The summed E-state index contributed by atoms with van der Waals surface area (Å²) in [6, 6.07) is 6.04. The van der Waals surface area contributed by atoms with Gasteiger partial charge in [0.05, 0.1) is 18.4 Å². The predicted molar refractivity (Wildman–Crippen MR) is 105 cm³/mol. The fourth-order valence-electron chi connectivity index (χ4n) is 5.00. The van der Waals surface area contributed by atoms with Crippen LogP contribution in [0.15, 0.2) is 30.6 Å². The van der Waals surface area contributed by atoms with Gasteiger partial charge in [0, 0.05) is 36.4 Å². The van der Waals surface area contributed by atoms with Crippen molar-refractivity contribution in [2.24, 2.45) is 0 Å².